The number of halogens is 1. The maximum absolute atomic E-state index is 3.71. The van der Waals surface area contributed by atoms with Crippen LogP contribution >= 0.6 is 22.6 Å². The summed E-state index contributed by atoms with van der Waals surface area (Å²) in [5.41, 5.74) is 1.46. The van der Waals surface area contributed by atoms with Gasteiger partial charge in [-0.15, -0.1) is 0 Å². The Balaban J connectivity index is 1.57. The Morgan fingerprint density at radius 3 is 2.63 bits per heavy atom. The van der Waals surface area contributed by atoms with Gasteiger partial charge in [0.2, 0.25) is 0 Å². The summed E-state index contributed by atoms with van der Waals surface area (Å²) in [5, 5.41) is 3.71. The second-order valence-corrected chi connectivity index (χ2v) is 7.17. The van der Waals surface area contributed by atoms with Crippen molar-refractivity contribution in [1.29, 1.82) is 0 Å². The minimum atomic E-state index is 0.744. The van der Waals surface area contributed by atoms with Gasteiger partial charge in [0.05, 0.1) is 0 Å². The topological polar surface area (TPSA) is 15.3 Å². The van der Waals surface area contributed by atoms with Crippen LogP contribution in [0.4, 0.5) is 0 Å². The Morgan fingerprint density at radius 1 is 1.11 bits per heavy atom. The Kier molecular flexibility index (Phi) is 4.77. The standard InChI is InChI=1S/C16H23IN2/c17-14-6-4-13(5-7-14)12-19-10-2-1-3-16(19)11-18-15-8-9-15/h4-7,15-16,18H,1-3,8-12H2. The van der Waals surface area contributed by atoms with Crippen molar-refractivity contribution in [1.82, 2.24) is 10.2 Å². The lowest BCUT2D eigenvalue weighted by atomic mass is 10.0. The zero-order valence-corrected chi connectivity index (χ0v) is 13.6. The summed E-state index contributed by atoms with van der Waals surface area (Å²) in [7, 11) is 0. The van der Waals surface area contributed by atoms with Crippen LogP contribution in [0.25, 0.3) is 0 Å². The summed E-state index contributed by atoms with van der Waals surface area (Å²) >= 11 is 2.38. The summed E-state index contributed by atoms with van der Waals surface area (Å²) in [4.78, 5) is 2.68. The van der Waals surface area contributed by atoms with E-state index in [1.165, 1.54) is 54.3 Å². The molecule has 0 bridgehead atoms. The molecule has 104 valence electrons. The van der Waals surface area contributed by atoms with Crippen LogP contribution in [0.15, 0.2) is 24.3 Å². The first-order chi connectivity index (χ1) is 9.31. The first-order valence-corrected chi connectivity index (χ1v) is 8.61. The molecule has 1 aliphatic heterocycles. The van der Waals surface area contributed by atoms with E-state index in [4.69, 9.17) is 0 Å². The molecule has 1 saturated carbocycles. The van der Waals surface area contributed by atoms with Gasteiger partial charge in [0.1, 0.15) is 0 Å². The van der Waals surface area contributed by atoms with E-state index in [1.54, 1.807) is 0 Å². The molecule has 0 amide bonds. The molecule has 1 unspecified atom stereocenters. The average molecular weight is 370 g/mol. The fraction of sp³-hybridized carbons (Fsp3) is 0.625. The molecule has 3 heteroatoms. The van der Waals surface area contributed by atoms with Gasteiger partial charge in [-0.05, 0) is 72.5 Å². The molecule has 1 N–H and O–H groups in total. The molecule has 19 heavy (non-hydrogen) atoms. The van der Waals surface area contributed by atoms with Crippen molar-refractivity contribution < 1.29 is 0 Å². The van der Waals surface area contributed by atoms with Gasteiger partial charge >= 0.3 is 0 Å². The summed E-state index contributed by atoms with van der Waals surface area (Å²) < 4.78 is 1.33. The van der Waals surface area contributed by atoms with Gasteiger partial charge in [-0.25, -0.2) is 0 Å². The third kappa shape index (κ3) is 4.17. The van der Waals surface area contributed by atoms with Gasteiger partial charge in [-0.1, -0.05) is 18.6 Å². The minimum Gasteiger partial charge on any atom is -0.312 e. The van der Waals surface area contributed by atoms with Gasteiger partial charge in [0.15, 0.2) is 0 Å². The average Bonchev–Trinajstić information content (AvgIpc) is 3.25. The lowest BCUT2D eigenvalue weighted by Crippen LogP contribution is -2.45. The van der Waals surface area contributed by atoms with Crippen LogP contribution in [-0.2, 0) is 6.54 Å². The van der Waals surface area contributed by atoms with Crippen molar-refractivity contribution in [3.63, 3.8) is 0 Å². The zero-order valence-electron chi connectivity index (χ0n) is 11.4. The van der Waals surface area contributed by atoms with Gasteiger partial charge in [0, 0.05) is 28.7 Å². The van der Waals surface area contributed by atoms with Crippen LogP contribution in [0, 0.1) is 3.57 Å². The van der Waals surface area contributed by atoms with Crippen LogP contribution in [0.5, 0.6) is 0 Å². The van der Waals surface area contributed by atoms with Crippen molar-refractivity contribution >= 4 is 22.6 Å². The maximum Gasteiger partial charge on any atom is 0.0237 e. The molecule has 1 aromatic carbocycles. The van der Waals surface area contributed by atoms with Crippen LogP contribution in [0.3, 0.4) is 0 Å². The lowest BCUT2D eigenvalue weighted by molar-refractivity contribution is 0.137. The number of hydrogen-bond acceptors (Lipinski definition) is 2. The van der Waals surface area contributed by atoms with E-state index in [-0.39, 0.29) is 0 Å². The molecule has 1 atom stereocenters. The van der Waals surface area contributed by atoms with Crippen molar-refractivity contribution in [3.8, 4) is 0 Å². The number of benzene rings is 1. The number of rotatable bonds is 5. The van der Waals surface area contributed by atoms with E-state index in [0.717, 1.165) is 18.6 Å². The molecule has 2 fully saturated rings. The van der Waals surface area contributed by atoms with E-state index in [9.17, 15) is 0 Å². The van der Waals surface area contributed by atoms with Crippen LogP contribution in [0.2, 0.25) is 0 Å². The monoisotopic (exact) mass is 370 g/mol. The molecule has 2 aliphatic rings. The van der Waals surface area contributed by atoms with E-state index in [0.29, 0.717) is 0 Å². The highest BCUT2D eigenvalue weighted by Gasteiger charge is 2.26. The quantitative estimate of drug-likeness (QED) is 0.800. The fourth-order valence-corrected chi connectivity index (χ4v) is 3.27. The zero-order chi connectivity index (χ0) is 13.1. The Bertz CT molecular complexity index is 400. The highest BCUT2D eigenvalue weighted by Crippen LogP contribution is 2.22. The SMILES string of the molecule is Ic1ccc(CN2CCCCC2CNC2CC2)cc1. The summed E-state index contributed by atoms with van der Waals surface area (Å²) in [6.45, 7) is 3.58. The maximum atomic E-state index is 3.71. The lowest BCUT2D eigenvalue weighted by Gasteiger charge is -2.36. The molecule has 0 radical (unpaired) electrons. The molecule has 0 spiro atoms. The molecule has 0 aromatic heterocycles. The number of likely N-dealkylation sites (tertiary alicyclic amines) is 1. The summed E-state index contributed by atoms with van der Waals surface area (Å²) in [6, 6.07) is 10.6. The first-order valence-electron chi connectivity index (χ1n) is 7.53. The number of nitrogens with zero attached hydrogens (tertiary/aromatic N) is 1. The minimum absolute atomic E-state index is 0.744. The fourth-order valence-electron chi connectivity index (χ4n) is 2.91. The van der Waals surface area contributed by atoms with E-state index < -0.39 is 0 Å². The van der Waals surface area contributed by atoms with Crippen LogP contribution < -0.4 is 5.32 Å². The molecule has 1 heterocycles. The van der Waals surface area contributed by atoms with Crippen molar-refractivity contribution in [2.45, 2.75) is 50.7 Å². The smallest absolute Gasteiger partial charge is 0.0237 e. The molecular weight excluding hydrogens is 347 g/mol. The highest BCUT2D eigenvalue weighted by molar-refractivity contribution is 14.1. The van der Waals surface area contributed by atoms with Crippen molar-refractivity contribution in [3.05, 3.63) is 33.4 Å². The van der Waals surface area contributed by atoms with E-state index in [2.05, 4.69) is 57.1 Å². The Labute approximate surface area is 130 Å². The normalized spacial score (nSPS) is 24.6. The van der Waals surface area contributed by atoms with Gasteiger partial charge in [-0.2, -0.15) is 0 Å². The van der Waals surface area contributed by atoms with Crippen molar-refractivity contribution in [2.24, 2.45) is 0 Å². The molecule has 1 saturated heterocycles. The van der Waals surface area contributed by atoms with E-state index >= 15 is 0 Å². The summed E-state index contributed by atoms with van der Waals surface area (Å²) in [6.07, 6.45) is 6.92. The van der Waals surface area contributed by atoms with Gasteiger partial charge in [0.25, 0.3) is 0 Å². The molecule has 1 aliphatic carbocycles. The predicted molar refractivity (Wildman–Crippen MR) is 88.2 cm³/mol. The number of nitrogens with one attached hydrogen (secondary N) is 1. The van der Waals surface area contributed by atoms with Gasteiger partial charge in [-0.3, -0.25) is 4.90 Å². The first kappa shape index (κ1) is 13.8. The van der Waals surface area contributed by atoms with Crippen LogP contribution in [-0.4, -0.2) is 30.1 Å². The molecule has 2 nitrogen and oxygen atoms in total. The largest absolute Gasteiger partial charge is 0.312 e. The second-order valence-electron chi connectivity index (χ2n) is 5.93. The van der Waals surface area contributed by atoms with Crippen LogP contribution in [0.1, 0.15) is 37.7 Å². The molecule has 3 rings (SSSR count). The molecular formula is C16H23IN2. The third-order valence-electron chi connectivity index (χ3n) is 4.27. The second kappa shape index (κ2) is 6.55. The van der Waals surface area contributed by atoms with Gasteiger partial charge < -0.3 is 5.32 Å². The number of piperidine rings is 1. The van der Waals surface area contributed by atoms with Crippen molar-refractivity contribution in [2.75, 3.05) is 13.1 Å². The third-order valence-corrected chi connectivity index (χ3v) is 4.99. The Morgan fingerprint density at radius 2 is 1.89 bits per heavy atom. The van der Waals surface area contributed by atoms with E-state index in [1.807, 2.05) is 0 Å². The highest BCUT2D eigenvalue weighted by atomic mass is 127. The molecule has 1 aromatic rings. The predicted octanol–water partition coefficient (Wildman–Crippen LogP) is 3.40. The Hall–Kier alpha value is -0.130. The summed E-state index contributed by atoms with van der Waals surface area (Å²) in [5.74, 6) is 0. The number of hydrogen-bond donors (Lipinski definition) is 1.